The minimum absolute atomic E-state index is 0.0818. The van der Waals surface area contributed by atoms with Gasteiger partial charge in [-0.25, -0.2) is 4.79 Å². The average Bonchev–Trinajstić information content (AvgIpc) is 2.19. The lowest BCUT2D eigenvalue weighted by Gasteiger charge is -2.07. The summed E-state index contributed by atoms with van der Waals surface area (Å²) in [5.74, 6) is -0.0272. The van der Waals surface area contributed by atoms with Gasteiger partial charge in [-0.2, -0.15) is 0 Å². The van der Waals surface area contributed by atoms with Gasteiger partial charge in [-0.15, -0.1) is 0 Å². The maximum Gasteiger partial charge on any atom is 0.330 e. The van der Waals surface area contributed by atoms with E-state index in [0.717, 1.165) is 4.57 Å². The molecule has 16 heavy (non-hydrogen) atoms. The van der Waals surface area contributed by atoms with Crippen molar-refractivity contribution in [2.24, 2.45) is 20.0 Å². The molecule has 0 aliphatic rings. The van der Waals surface area contributed by atoms with E-state index in [-0.39, 0.29) is 17.3 Å². The van der Waals surface area contributed by atoms with Crippen molar-refractivity contribution in [2.45, 2.75) is 20.3 Å². The van der Waals surface area contributed by atoms with Crippen LogP contribution in [0.25, 0.3) is 0 Å². The van der Waals surface area contributed by atoms with Gasteiger partial charge in [0.15, 0.2) is 5.78 Å². The molecule has 0 amide bonds. The first-order valence-corrected chi connectivity index (χ1v) is 5.14. The molecule has 0 aliphatic carbocycles. The Morgan fingerprint density at radius 2 is 1.88 bits per heavy atom. The summed E-state index contributed by atoms with van der Waals surface area (Å²) in [6, 6.07) is 0. The smallest absolute Gasteiger partial charge is 0.303 e. The molecule has 0 aromatic carbocycles. The van der Waals surface area contributed by atoms with E-state index in [9.17, 15) is 14.4 Å². The summed E-state index contributed by atoms with van der Waals surface area (Å²) >= 11 is 0. The van der Waals surface area contributed by atoms with Crippen molar-refractivity contribution in [2.75, 3.05) is 0 Å². The molecule has 0 atom stereocenters. The molecule has 1 heterocycles. The molecule has 1 aromatic heterocycles. The molecule has 1 aromatic rings. The monoisotopic (exact) mass is 224 g/mol. The zero-order chi connectivity index (χ0) is 12.5. The van der Waals surface area contributed by atoms with Crippen LogP contribution in [-0.4, -0.2) is 14.9 Å². The first-order chi connectivity index (χ1) is 7.34. The minimum atomic E-state index is -0.520. The van der Waals surface area contributed by atoms with Gasteiger partial charge in [0.2, 0.25) is 0 Å². The number of rotatable bonds is 3. The van der Waals surface area contributed by atoms with E-state index < -0.39 is 11.2 Å². The van der Waals surface area contributed by atoms with Gasteiger partial charge in [-0.1, -0.05) is 13.8 Å². The number of ketones is 1. The van der Waals surface area contributed by atoms with E-state index in [0.29, 0.717) is 6.42 Å². The molecule has 5 nitrogen and oxygen atoms in total. The highest BCUT2D eigenvalue weighted by Crippen LogP contribution is 2.04. The van der Waals surface area contributed by atoms with E-state index in [1.54, 1.807) is 0 Å². The number of Topliss-reactive ketones (excluding diaryl/α,β-unsaturated/α-hetero) is 1. The second-order valence-corrected chi connectivity index (χ2v) is 4.32. The number of hydrogen-bond donors (Lipinski definition) is 0. The number of aryl methyl sites for hydroxylation is 1. The fraction of sp³-hybridized carbons (Fsp3) is 0.545. The molecule has 0 spiro atoms. The number of nitrogens with zero attached hydrogens (tertiary/aromatic N) is 2. The Balaban J connectivity index is 3.32. The second kappa shape index (κ2) is 4.47. The lowest BCUT2D eigenvalue weighted by Crippen LogP contribution is -2.39. The van der Waals surface area contributed by atoms with Crippen molar-refractivity contribution in [1.29, 1.82) is 0 Å². The van der Waals surface area contributed by atoms with E-state index >= 15 is 0 Å². The fourth-order valence-corrected chi connectivity index (χ4v) is 1.48. The van der Waals surface area contributed by atoms with Gasteiger partial charge >= 0.3 is 5.69 Å². The quantitative estimate of drug-likeness (QED) is 0.694. The normalized spacial score (nSPS) is 10.8. The zero-order valence-corrected chi connectivity index (χ0v) is 9.98. The largest absolute Gasteiger partial charge is 0.330 e. The Labute approximate surface area is 93.3 Å². The van der Waals surface area contributed by atoms with Crippen LogP contribution >= 0.6 is 0 Å². The Hall–Kier alpha value is -1.65. The van der Waals surface area contributed by atoms with Crippen LogP contribution in [0.2, 0.25) is 0 Å². The highest BCUT2D eigenvalue weighted by Gasteiger charge is 2.15. The van der Waals surface area contributed by atoms with Gasteiger partial charge < -0.3 is 4.57 Å². The molecule has 5 heteroatoms. The van der Waals surface area contributed by atoms with Crippen LogP contribution in [0.1, 0.15) is 30.6 Å². The zero-order valence-electron chi connectivity index (χ0n) is 9.98. The topological polar surface area (TPSA) is 61.1 Å². The third-order valence-electron chi connectivity index (χ3n) is 2.34. The van der Waals surface area contributed by atoms with Crippen molar-refractivity contribution in [3.63, 3.8) is 0 Å². The van der Waals surface area contributed by atoms with Gasteiger partial charge in [0, 0.05) is 26.7 Å². The molecular weight excluding hydrogens is 208 g/mol. The third-order valence-corrected chi connectivity index (χ3v) is 2.34. The predicted octanol–water partition coefficient (Wildman–Crippen LogP) is 0.313. The van der Waals surface area contributed by atoms with Gasteiger partial charge in [0.25, 0.3) is 5.56 Å². The summed E-state index contributed by atoms with van der Waals surface area (Å²) in [7, 11) is 2.89. The minimum Gasteiger partial charge on any atom is -0.303 e. The molecule has 1 rings (SSSR count). The molecule has 0 aliphatic heterocycles. The molecule has 0 bridgehead atoms. The highest BCUT2D eigenvalue weighted by atomic mass is 16.2. The standard InChI is InChI=1S/C11H16N2O3/c1-7(2)5-9(14)8-6-12(3)11(16)13(4)10(8)15/h6-7H,5H2,1-4H3. The molecule has 0 saturated carbocycles. The van der Waals surface area contributed by atoms with Crippen molar-refractivity contribution >= 4 is 5.78 Å². The van der Waals surface area contributed by atoms with Crippen molar-refractivity contribution in [1.82, 2.24) is 9.13 Å². The average molecular weight is 224 g/mol. The Morgan fingerprint density at radius 3 is 2.38 bits per heavy atom. The first kappa shape index (κ1) is 12.4. The summed E-state index contributed by atoms with van der Waals surface area (Å²) in [6.45, 7) is 3.81. The van der Waals surface area contributed by atoms with Gasteiger partial charge in [-0.3, -0.25) is 14.2 Å². The molecule has 0 fully saturated rings. The van der Waals surface area contributed by atoms with Crippen LogP contribution in [0.3, 0.4) is 0 Å². The molecule has 0 radical (unpaired) electrons. The van der Waals surface area contributed by atoms with Crippen LogP contribution < -0.4 is 11.2 Å². The Kier molecular flexibility index (Phi) is 3.47. The highest BCUT2D eigenvalue weighted by molar-refractivity contribution is 5.95. The lowest BCUT2D eigenvalue weighted by atomic mass is 10.0. The molecular formula is C11H16N2O3. The summed E-state index contributed by atoms with van der Waals surface area (Å²) < 4.78 is 2.20. The third kappa shape index (κ3) is 2.29. The summed E-state index contributed by atoms with van der Waals surface area (Å²) in [5, 5.41) is 0. The lowest BCUT2D eigenvalue weighted by molar-refractivity contribution is 0.0964. The van der Waals surface area contributed by atoms with Crippen LogP contribution in [0, 0.1) is 5.92 Å². The molecule has 0 saturated heterocycles. The first-order valence-electron chi connectivity index (χ1n) is 5.14. The van der Waals surface area contributed by atoms with E-state index in [4.69, 9.17) is 0 Å². The maximum absolute atomic E-state index is 11.8. The van der Waals surface area contributed by atoms with Crippen molar-refractivity contribution < 1.29 is 4.79 Å². The second-order valence-electron chi connectivity index (χ2n) is 4.32. The Bertz CT molecular complexity index is 523. The molecule has 0 N–H and O–H groups in total. The van der Waals surface area contributed by atoms with E-state index in [1.807, 2.05) is 13.8 Å². The van der Waals surface area contributed by atoms with E-state index in [1.165, 1.54) is 24.9 Å². The Morgan fingerprint density at radius 1 is 1.31 bits per heavy atom. The van der Waals surface area contributed by atoms with Crippen molar-refractivity contribution in [3.05, 3.63) is 32.6 Å². The summed E-state index contributed by atoms with van der Waals surface area (Å²) in [4.78, 5) is 34.9. The number of hydrogen-bond acceptors (Lipinski definition) is 3. The van der Waals surface area contributed by atoms with E-state index in [2.05, 4.69) is 0 Å². The number of carbonyl (C=O) groups excluding carboxylic acids is 1. The van der Waals surface area contributed by atoms with Crippen LogP contribution in [0.4, 0.5) is 0 Å². The fourth-order valence-electron chi connectivity index (χ4n) is 1.48. The summed E-state index contributed by atoms with van der Waals surface area (Å²) in [6.07, 6.45) is 1.63. The SMILES string of the molecule is CC(C)CC(=O)c1cn(C)c(=O)n(C)c1=O. The van der Waals surface area contributed by atoms with Crippen LogP contribution in [0.15, 0.2) is 15.8 Å². The molecule has 88 valence electrons. The number of carbonyl (C=O) groups is 1. The van der Waals surface area contributed by atoms with Crippen molar-refractivity contribution in [3.8, 4) is 0 Å². The summed E-state index contributed by atoms with van der Waals surface area (Å²) in [5.41, 5.74) is -0.863. The van der Waals surface area contributed by atoms with Gasteiger partial charge in [0.1, 0.15) is 0 Å². The molecule has 0 unspecified atom stereocenters. The van der Waals surface area contributed by atoms with Gasteiger partial charge in [-0.05, 0) is 5.92 Å². The van der Waals surface area contributed by atoms with Crippen LogP contribution in [0.5, 0.6) is 0 Å². The van der Waals surface area contributed by atoms with Gasteiger partial charge in [0.05, 0.1) is 5.56 Å². The number of aromatic nitrogens is 2. The predicted molar refractivity (Wildman–Crippen MR) is 60.7 cm³/mol. The maximum atomic E-state index is 11.8. The van der Waals surface area contributed by atoms with Crippen LogP contribution in [-0.2, 0) is 14.1 Å².